The Hall–Kier alpha value is -3.05. The van der Waals surface area contributed by atoms with Crippen LogP contribution in [0.4, 0.5) is 5.69 Å². The summed E-state index contributed by atoms with van der Waals surface area (Å²) in [6.45, 7) is 6.20. The van der Waals surface area contributed by atoms with Gasteiger partial charge in [0.05, 0.1) is 16.9 Å². The fraction of sp³-hybridized carbons (Fsp3) is 0.250. The first-order valence-electron chi connectivity index (χ1n) is 10.2. The Bertz CT molecular complexity index is 1080. The van der Waals surface area contributed by atoms with Crippen molar-refractivity contribution in [3.05, 3.63) is 82.1 Å². The van der Waals surface area contributed by atoms with E-state index in [4.69, 9.17) is 11.6 Å². The third-order valence-electron chi connectivity index (χ3n) is 5.53. The molecule has 1 N–H and O–H groups in total. The Morgan fingerprint density at radius 1 is 1.07 bits per heavy atom. The predicted molar refractivity (Wildman–Crippen MR) is 123 cm³/mol. The number of hydrogen-bond acceptors (Lipinski definition) is 3. The second-order valence-corrected chi connectivity index (χ2v) is 7.96. The molecule has 30 heavy (non-hydrogen) atoms. The van der Waals surface area contributed by atoms with E-state index in [1.807, 2.05) is 68.4 Å². The minimum Gasteiger partial charge on any atom is -0.372 e. The molecule has 0 radical (unpaired) electrons. The Morgan fingerprint density at radius 3 is 2.47 bits per heavy atom. The number of carbonyl (C=O) groups excluding carboxylic acids is 1. The molecule has 1 saturated heterocycles. The number of hydrogen-bond donors (Lipinski definition) is 1. The minimum absolute atomic E-state index is 0.223. The number of halogens is 1. The van der Waals surface area contributed by atoms with Gasteiger partial charge >= 0.3 is 0 Å². The number of para-hydroxylation sites is 1. The van der Waals surface area contributed by atoms with Crippen molar-refractivity contribution in [1.29, 1.82) is 0 Å². The Kier molecular flexibility index (Phi) is 5.91. The quantitative estimate of drug-likeness (QED) is 0.460. The molecule has 5 nitrogen and oxygen atoms in total. The van der Waals surface area contributed by atoms with Gasteiger partial charge in [-0.3, -0.25) is 4.79 Å². The number of nitrogens with one attached hydrogen (secondary N) is 1. The molecule has 1 aromatic heterocycles. The first kappa shape index (κ1) is 20.2. The fourth-order valence-electron chi connectivity index (χ4n) is 3.95. The smallest absolute Gasteiger partial charge is 0.271 e. The van der Waals surface area contributed by atoms with Gasteiger partial charge in [-0.1, -0.05) is 23.7 Å². The summed E-state index contributed by atoms with van der Waals surface area (Å²) >= 11 is 6.36. The van der Waals surface area contributed by atoms with Gasteiger partial charge in [-0.05, 0) is 69.2 Å². The predicted octanol–water partition coefficient (Wildman–Crippen LogP) is 5.11. The van der Waals surface area contributed by atoms with Crippen molar-refractivity contribution in [1.82, 2.24) is 9.99 Å². The van der Waals surface area contributed by atoms with Crippen molar-refractivity contribution < 1.29 is 4.79 Å². The van der Waals surface area contributed by atoms with Crippen LogP contribution < -0.4 is 10.3 Å². The van der Waals surface area contributed by atoms with Gasteiger partial charge in [0.25, 0.3) is 5.91 Å². The van der Waals surface area contributed by atoms with Crippen molar-refractivity contribution in [2.45, 2.75) is 26.7 Å². The zero-order valence-electron chi connectivity index (χ0n) is 17.2. The van der Waals surface area contributed by atoms with E-state index in [9.17, 15) is 4.79 Å². The highest BCUT2D eigenvalue weighted by Crippen LogP contribution is 2.25. The van der Waals surface area contributed by atoms with E-state index < -0.39 is 0 Å². The van der Waals surface area contributed by atoms with E-state index in [0.717, 1.165) is 35.7 Å². The second kappa shape index (κ2) is 8.76. The molecule has 0 aliphatic carbocycles. The van der Waals surface area contributed by atoms with E-state index in [1.165, 1.54) is 18.5 Å². The summed E-state index contributed by atoms with van der Waals surface area (Å²) in [5, 5.41) is 4.86. The highest BCUT2D eigenvalue weighted by Gasteiger charge is 2.14. The summed E-state index contributed by atoms with van der Waals surface area (Å²) < 4.78 is 2.09. The first-order chi connectivity index (χ1) is 14.5. The molecule has 0 unspecified atom stereocenters. The maximum Gasteiger partial charge on any atom is 0.271 e. The number of aryl methyl sites for hydroxylation is 1. The largest absolute Gasteiger partial charge is 0.372 e. The molecule has 1 fully saturated rings. The minimum atomic E-state index is -0.223. The van der Waals surface area contributed by atoms with Gasteiger partial charge in [0.15, 0.2) is 0 Å². The van der Waals surface area contributed by atoms with Gasteiger partial charge in [0, 0.05) is 41.3 Å². The summed E-state index contributed by atoms with van der Waals surface area (Å²) in [6, 6.07) is 17.5. The Balaban J connectivity index is 1.45. The SMILES string of the molecule is Cc1cc(/C=N\NC(=O)c2ccc(N3CCCC3)cc2)c(C)n1-c1ccccc1Cl. The van der Waals surface area contributed by atoms with Crippen molar-refractivity contribution in [3.8, 4) is 5.69 Å². The van der Waals surface area contributed by atoms with E-state index >= 15 is 0 Å². The average molecular weight is 421 g/mol. The zero-order valence-corrected chi connectivity index (χ0v) is 18.0. The molecule has 1 amide bonds. The number of aromatic nitrogens is 1. The molecule has 0 bridgehead atoms. The number of carbonyl (C=O) groups is 1. The number of amides is 1. The van der Waals surface area contributed by atoms with Gasteiger partial charge < -0.3 is 9.47 Å². The van der Waals surface area contributed by atoms with Gasteiger partial charge in [-0.15, -0.1) is 0 Å². The first-order valence-corrected chi connectivity index (χ1v) is 10.5. The lowest BCUT2D eigenvalue weighted by Gasteiger charge is -2.17. The zero-order chi connectivity index (χ0) is 21.1. The Morgan fingerprint density at radius 2 is 1.77 bits per heavy atom. The lowest BCUT2D eigenvalue weighted by atomic mass is 10.2. The van der Waals surface area contributed by atoms with Crippen molar-refractivity contribution in [2.75, 3.05) is 18.0 Å². The Labute approximate surface area is 182 Å². The topological polar surface area (TPSA) is 49.6 Å². The van der Waals surface area contributed by atoms with Gasteiger partial charge in [0.2, 0.25) is 0 Å². The van der Waals surface area contributed by atoms with Crippen LogP contribution in [0.1, 0.15) is 40.2 Å². The highest BCUT2D eigenvalue weighted by molar-refractivity contribution is 6.32. The van der Waals surface area contributed by atoms with Crippen LogP contribution in [-0.4, -0.2) is 29.8 Å². The van der Waals surface area contributed by atoms with Crippen LogP contribution in [0.3, 0.4) is 0 Å². The van der Waals surface area contributed by atoms with E-state index in [1.54, 1.807) is 6.21 Å². The summed E-state index contributed by atoms with van der Waals surface area (Å²) in [4.78, 5) is 14.8. The number of anilines is 1. The van der Waals surface area contributed by atoms with E-state index in [0.29, 0.717) is 10.6 Å². The number of nitrogens with zero attached hydrogens (tertiary/aromatic N) is 3. The van der Waals surface area contributed by atoms with E-state index in [-0.39, 0.29) is 5.91 Å². The lowest BCUT2D eigenvalue weighted by molar-refractivity contribution is 0.0955. The van der Waals surface area contributed by atoms with Crippen LogP contribution in [0.2, 0.25) is 5.02 Å². The molecule has 3 aromatic rings. The molecule has 4 rings (SSSR count). The molecule has 2 aromatic carbocycles. The highest BCUT2D eigenvalue weighted by atomic mass is 35.5. The number of hydrazone groups is 1. The molecule has 1 aliphatic heterocycles. The number of benzene rings is 2. The monoisotopic (exact) mass is 420 g/mol. The van der Waals surface area contributed by atoms with Crippen LogP contribution >= 0.6 is 11.6 Å². The molecule has 1 aliphatic rings. The third-order valence-corrected chi connectivity index (χ3v) is 5.85. The molecule has 0 saturated carbocycles. The number of rotatable bonds is 5. The van der Waals surface area contributed by atoms with Crippen LogP contribution in [-0.2, 0) is 0 Å². The summed E-state index contributed by atoms with van der Waals surface area (Å²) in [5.74, 6) is -0.223. The summed E-state index contributed by atoms with van der Waals surface area (Å²) in [7, 11) is 0. The maximum atomic E-state index is 12.4. The van der Waals surface area contributed by atoms with Gasteiger partial charge in [-0.25, -0.2) is 5.43 Å². The molecule has 154 valence electrons. The fourth-order valence-corrected chi connectivity index (χ4v) is 4.17. The van der Waals surface area contributed by atoms with Crippen LogP contribution in [0, 0.1) is 13.8 Å². The molecule has 6 heteroatoms. The van der Waals surface area contributed by atoms with Crippen LogP contribution in [0.25, 0.3) is 5.69 Å². The summed E-state index contributed by atoms with van der Waals surface area (Å²) in [5.41, 5.74) is 8.30. The van der Waals surface area contributed by atoms with E-state index in [2.05, 4.69) is 20.0 Å². The molecule has 2 heterocycles. The average Bonchev–Trinajstić information content (AvgIpc) is 3.38. The van der Waals surface area contributed by atoms with Crippen LogP contribution in [0.15, 0.2) is 59.7 Å². The van der Waals surface area contributed by atoms with Gasteiger partial charge in [0.1, 0.15) is 0 Å². The lowest BCUT2D eigenvalue weighted by Crippen LogP contribution is -2.19. The van der Waals surface area contributed by atoms with Gasteiger partial charge in [-0.2, -0.15) is 5.10 Å². The van der Waals surface area contributed by atoms with Crippen molar-refractivity contribution >= 4 is 29.4 Å². The molecule has 0 spiro atoms. The van der Waals surface area contributed by atoms with Crippen molar-refractivity contribution in [3.63, 3.8) is 0 Å². The van der Waals surface area contributed by atoms with Crippen LogP contribution in [0.5, 0.6) is 0 Å². The normalized spacial score (nSPS) is 13.9. The summed E-state index contributed by atoms with van der Waals surface area (Å²) in [6.07, 6.45) is 4.13. The molecular weight excluding hydrogens is 396 g/mol. The molecular formula is C24H25ClN4O. The third kappa shape index (κ3) is 4.12. The maximum absolute atomic E-state index is 12.4. The second-order valence-electron chi connectivity index (χ2n) is 7.55. The standard InChI is InChI=1S/C24H25ClN4O/c1-17-15-20(18(2)29(17)23-8-4-3-7-22(23)25)16-26-27-24(30)19-9-11-21(12-10-19)28-13-5-6-14-28/h3-4,7-12,15-16H,5-6,13-14H2,1-2H3,(H,27,30)/b26-16-. The molecule has 0 atom stereocenters. The van der Waals surface area contributed by atoms with Crippen molar-refractivity contribution in [2.24, 2.45) is 5.10 Å².